The van der Waals surface area contributed by atoms with E-state index < -0.39 is 6.36 Å². The van der Waals surface area contributed by atoms with Crippen LogP contribution >= 0.6 is 11.3 Å². The minimum atomic E-state index is -4.70. The van der Waals surface area contributed by atoms with Gasteiger partial charge in [-0.05, 0) is 0 Å². The molecular formula is C16H11F3N2O2SSe. The van der Waals surface area contributed by atoms with Crippen LogP contribution in [0.3, 0.4) is 0 Å². The van der Waals surface area contributed by atoms with Gasteiger partial charge in [0.15, 0.2) is 0 Å². The molecule has 3 aromatic rings. The van der Waals surface area contributed by atoms with Crippen LogP contribution < -0.4 is 17.9 Å². The van der Waals surface area contributed by atoms with Gasteiger partial charge in [0.05, 0.1) is 0 Å². The first-order valence-electron chi connectivity index (χ1n) is 7.21. The zero-order valence-corrected chi connectivity index (χ0v) is 15.4. The van der Waals surface area contributed by atoms with Crippen molar-refractivity contribution in [2.24, 2.45) is 0 Å². The van der Waals surface area contributed by atoms with Crippen LogP contribution in [0.5, 0.6) is 11.5 Å². The van der Waals surface area contributed by atoms with Crippen molar-refractivity contribution in [1.29, 1.82) is 0 Å². The van der Waals surface area contributed by atoms with Gasteiger partial charge in [-0.15, -0.1) is 0 Å². The fourth-order valence-electron chi connectivity index (χ4n) is 2.55. The van der Waals surface area contributed by atoms with Crippen molar-refractivity contribution >= 4 is 46.3 Å². The molecule has 0 fully saturated rings. The molecule has 1 aliphatic heterocycles. The summed E-state index contributed by atoms with van der Waals surface area (Å²) in [7, 11) is 1.65. The molecule has 25 heavy (non-hydrogen) atoms. The van der Waals surface area contributed by atoms with Gasteiger partial charge < -0.3 is 0 Å². The van der Waals surface area contributed by atoms with E-state index in [-0.39, 0.29) is 20.9 Å². The third-order valence-corrected chi connectivity index (χ3v) is 7.34. The van der Waals surface area contributed by atoms with Crippen molar-refractivity contribution < 1.29 is 22.6 Å². The summed E-state index contributed by atoms with van der Waals surface area (Å²) in [6, 6.07) is 10.2. The Balaban J connectivity index is 1.63. The summed E-state index contributed by atoms with van der Waals surface area (Å²) >= 11 is 1.38. The molecule has 4 nitrogen and oxygen atoms in total. The Labute approximate surface area is 151 Å². The van der Waals surface area contributed by atoms with Crippen LogP contribution in [-0.2, 0) is 6.54 Å². The Morgan fingerprint density at radius 1 is 1.24 bits per heavy atom. The number of thiazole rings is 1. The molecule has 0 N–H and O–H groups in total. The molecule has 2 heterocycles. The van der Waals surface area contributed by atoms with Crippen molar-refractivity contribution in [3.63, 3.8) is 0 Å². The molecule has 2 aromatic carbocycles. The van der Waals surface area contributed by atoms with Crippen LogP contribution in [-0.4, -0.2) is 33.6 Å². The molecule has 0 amide bonds. The van der Waals surface area contributed by atoms with Gasteiger partial charge in [0, 0.05) is 0 Å². The molecular weight excluding hydrogens is 420 g/mol. The first kappa shape index (κ1) is 16.5. The first-order chi connectivity index (χ1) is 11.9. The van der Waals surface area contributed by atoms with E-state index >= 15 is 0 Å². The topological polar surface area (TPSA) is 34.6 Å². The molecule has 4 rings (SSSR count). The number of methoxy groups -OCH3 is 1. The van der Waals surface area contributed by atoms with Crippen LogP contribution in [0, 0.1) is 0 Å². The number of halogens is 3. The number of anilines is 1. The Morgan fingerprint density at radius 3 is 2.84 bits per heavy atom. The monoisotopic (exact) mass is 432 g/mol. The Kier molecular flexibility index (Phi) is 4.02. The second-order valence-corrected chi connectivity index (χ2v) is 8.42. The molecule has 0 atom stereocenters. The second-order valence-electron chi connectivity index (χ2n) is 5.25. The van der Waals surface area contributed by atoms with Crippen LogP contribution in [0.2, 0.25) is 0 Å². The van der Waals surface area contributed by atoms with Gasteiger partial charge in [-0.25, -0.2) is 0 Å². The summed E-state index contributed by atoms with van der Waals surface area (Å²) in [5, 5.41) is 0.789. The van der Waals surface area contributed by atoms with Crippen molar-refractivity contribution in [3.05, 3.63) is 42.0 Å². The Morgan fingerprint density at radius 2 is 2.08 bits per heavy atom. The van der Waals surface area contributed by atoms with Gasteiger partial charge in [-0.2, -0.15) is 0 Å². The van der Waals surface area contributed by atoms with E-state index in [1.165, 1.54) is 33.5 Å². The number of benzene rings is 2. The molecule has 1 aromatic heterocycles. The summed E-state index contributed by atoms with van der Waals surface area (Å²) in [4.78, 5) is 4.55. The molecule has 0 aliphatic carbocycles. The van der Waals surface area contributed by atoms with Crippen molar-refractivity contribution in [3.8, 4) is 11.5 Å². The van der Waals surface area contributed by atoms with Gasteiger partial charge >= 0.3 is 151 Å². The fourth-order valence-corrected chi connectivity index (χ4v) is 6.05. The number of hydrogen-bond donors (Lipinski definition) is 0. The van der Waals surface area contributed by atoms with Crippen LogP contribution in [0.4, 0.5) is 18.3 Å². The maximum atomic E-state index is 12.4. The molecule has 0 saturated carbocycles. The summed E-state index contributed by atoms with van der Waals surface area (Å²) in [5.74, 6) is 0.633. The van der Waals surface area contributed by atoms with Crippen LogP contribution in [0.1, 0.15) is 5.56 Å². The number of aromatic nitrogens is 1. The Hall–Kier alpha value is -1.96. The number of fused-ring (bicyclic) bond motifs is 2. The minimum absolute atomic E-state index is 0.0150. The molecule has 0 saturated heterocycles. The average Bonchev–Trinajstić information content (AvgIpc) is 3.15. The Bertz CT molecular complexity index is 945. The summed E-state index contributed by atoms with van der Waals surface area (Å²) in [6.45, 7) is 0.720. The third kappa shape index (κ3) is 3.27. The van der Waals surface area contributed by atoms with Crippen molar-refractivity contribution in [2.75, 3.05) is 11.0 Å². The van der Waals surface area contributed by atoms with E-state index in [4.69, 9.17) is 4.74 Å². The third-order valence-electron chi connectivity index (χ3n) is 3.59. The van der Waals surface area contributed by atoms with E-state index in [1.54, 1.807) is 13.2 Å². The SMILES string of the molecule is COc1cccc2c1[Se]N(c1nc3ccc(OC(F)(F)F)cc3s1)C2. The van der Waals surface area contributed by atoms with E-state index in [9.17, 15) is 13.2 Å². The standard InChI is InChI=1S/C16H11F3N2O2SSe/c1-22-12-4-2-3-9-8-21(25-14(9)12)15-20-11-6-5-10(7-13(11)24-15)23-16(17,18)19/h2-7H,8H2,1H3. The average molecular weight is 431 g/mol. The molecule has 0 spiro atoms. The van der Waals surface area contributed by atoms with Gasteiger partial charge in [-0.3, -0.25) is 0 Å². The van der Waals surface area contributed by atoms with Gasteiger partial charge in [-0.1, -0.05) is 0 Å². The number of alkyl halides is 3. The van der Waals surface area contributed by atoms with Gasteiger partial charge in [0.25, 0.3) is 0 Å². The molecule has 0 bridgehead atoms. The van der Waals surface area contributed by atoms with E-state index in [0.717, 1.165) is 17.4 Å². The van der Waals surface area contributed by atoms with E-state index in [0.29, 0.717) is 10.2 Å². The first-order valence-corrected chi connectivity index (χ1v) is 9.64. The van der Waals surface area contributed by atoms with E-state index in [2.05, 4.69) is 19.7 Å². The molecule has 0 unspecified atom stereocenters. The molecule has 1 aliphatic rings. The van der Waals surface area contributed by atoms with Gasteiger partial charge in [0.2, 0.25) is 0 Å². The van der Waals surface area contributed by atoms with Crippen LogP contribution in [0.25, 0.3) is 10.2 Å². The molecule has 0 radical (unpaired) electrons. The normalized spacial score (nSPS) is 14.0. The van der Waals surface area contributed by atoms with E-state index in [1.807, 2.05) is 12.1 Å². The summed E-state index contributed by atoms with van der Waals surface area (Å²) in [5.41, 5.74) is 1.85. The summed E-state index contributed by atoms with van der Waals surface area (Å²) < 4.78 is 50.5. The zero-order chi connectivity index (χ0) is 17.6. The van der Waals surface area contributed by atoms with Gasteiger partial charge in [0.1, 0.15) is 0 Å². The number of hydrogen-bond acceptors (Lipinski definition) is 5. The zero-order valence-electron chi connectivity index (χ0n) is 12.8. The number of ether oxygens (including phenoxy) is 2. The fraction of sp³-hybridized carbons (Fsp3) is 0.188. The predicted octanol–water partition coefficient (Wildman–Crippen LogP) is 3.47. The molecule has 130 valence electrons. The van der Waals surface area contributed by atoms with Crippen molar-refractivity contribution in [1.82, 2.24) is 4.98 Å². The predicted molar refractivity (Wildman–Crippen MR) is 90.9 cm³/mol. The van der Waals surface area contributed by atoms with Crippen LogP contribution in [0.15, 0.2) is 36.4 Å². The molecule has 9 heteroatoms. The maximum absolute atomic E-state index is 12.4. The second kappa shape index (κ2) is 6.09. The quantitative estimate of drug-likeness (QED) is 0.595. The summed E-state index contributed by atoms with van der Waals surface area (Å²) in [6.07, 6.45) is -4.70. The van der Waals surface area contributed by atoms with Crippen molar-refractivity contribution in [2.45, 2.75) is 12.9 Å². The number of nitrogens with zero attached hydrogens (tertiary/aromatic N) is 2. The number of rotatable bonds is 3.